The van der Waals surface area contributed by atoms with Crippen LogP contribution in [0.25, 0.3) is 12.2 Å². The van der Waals surface area contributed by atoms with Crippen LogP contribution in [0.1, 0.15) is 51.7 Å². The van der Waals surface area contributed by atoms with Gasteiger partial charge in [0.05, 0.1) is 0 Å². The van der Waals surface area contributed by atoms with Gasteiger partial charge in [0.15, 0.2) is 0 Å². The van der Waals surface area contributed by atoms with Crippen molar-refractivity contribution in [2.45, 2.75) is 47.1 Å². The molecule has 0 aliphatic carbocycles. The zero-order chi connectivity index (χ0) is 18.7. The van der Waals surface area contributed by atoms with E-state index in [1.54, 1.807) is 0 Å². The maximum Gasteiger partial charge on any atom is 0.122 e. The number of hydrogen-bond donors (Lipinski definition) is 2. The number of rotatable bonds is 6. The zero-order valence-electron chi connectivity index (χ0n) is 15.9. The molecular formula is C22H31N3. The predicted molar refractivity (Wildman–Crippen MR) is 110 cm³/mol. The van der Waals surface area contributed by atoms with Gasteiger partial charge >= 0.3 is 0 Å². The summed E-state index contributed by atoms with van der Waals surface area (Å²) in [4.78, 5) is 0. The molecule has 25 heavy (non-hydrogen) atoms. The molecule has 1 aromatic carbocycles. The number of nitrogens with zero attached hydrogens (tertiary/aromatic N) is 1. The molecular weight excluding hydrogens is 306 g/mol. The minimum atomic E-state index is 0.107. The Morgan fingerprint density at radius 3 is 2.40 bits per heavy atom. The van der Waals surface area contributed by atoms with Gasteiger partial charge in [-0.25, -0.2) is 0 Å². The third-order valence-electron chi connectivity index (χ3n) is 3.81. The van der Waals surface area contributed by atoms with E-state index in [1.807, 2.05) is 38.1 Å². The number of allylic oxidation sites excluding steroid dienone is 2. The molecule has 0 saturated heterocycles. The van der Waals surface area contributed by atoms with Crippen molar-refractivity contribution in [1.29, 1.82) is 5.41 Å². The molecule has 3 nitrogen and oxygen atoms in total. The Labute approximate surface area is 151 Å². The van der Waals surface area contributed by atoms with E-state index in [2.05, 4.69) is 55.0 Å². The molecule has 0 aliphatic heterocycles. The van der Waals surface area contributed by atoms with Crippen LogP contribution in [-0.4, -0.2) is 10.4 Å². The van der Waals surface area contributed by atoms with Crippen LogP contribution >= 0.6 is 0 Å². The lowest BCUT2D eigenvalue weighted by atomic mass is 10.1. The quantitative estimate of drug-likeness (QED) is 0.611. The molecule has 0 unspecified atom stereocenters. The average Bonchev–Trinajstić information content (AvgIpc) is 3.02. The average molecular weight is 338 g/mol. The summed E-state index contributed by atoms with van der Waals surface area (Å²) in [6.45, 7) is 9.05. The lowest BCUT2D eigenvalue weighted by Crippen LogP contribution is -2.28. The molecule has 0 spiro atoms. The molecule has 1 heterocycles. The predicted octanol–water partition coefficient (Wildman–Crippen LogP) is 3.78. The zero-order valence-corrected chi connectivity index (χ0v) is 15.9. The van der Waals surface area contributed by atoms with Gasteiger partial charge in [0.1, 0.15) is 5.84 Å². The summed E-state index contributed by atoms with van der Waals surface area (Å²) < 4.78 is 2.24. The largest absolute Gasteiger partial charge is 0.384 e. The first kappa shape index (κ1) is 20.5. The van der Waals surface area contributed by atoms with E-state index in [0.717, 1.165) is 18.5 Å². The van der Waals surface area contributed by atoms with Crippen LogP contribution in [0.15, 0.2) is 48.7 Å². The van der Waals surface area contributed by atoms with Crippen molar-refractivity contribution < 1.29 is 0 Å². The molecule has 2 rings (SSSR count). The van der Waals surface area contributed by atoms with Crippen LogP contribution in [0.2, 0.25) is 0 Å². The topological polar surface area (TPSA) is 54.8 Å². The standard InChI is InChI=1S/C20H25N3.C2H6/c1-3-5-6-7-8-19-17(4-2)13-14-23(19)15-16-9-11-18(12-10-16)20(21)22;1-2/h4,6-14H,3,5,15H2,1-2H3,(H3,21,22);1-2H3/b7-6-,17-4-,19-8+;. The van der Waals surface area contributed by atoms with Gasteiger partial charge in [-0.3, -0.25) is 5.41 Å². The number of benzene rings is 1. The molecule has 0 fully saturated rings. The Balaban J connectivity index is 0.00000151. The normalized spacial score (nSPS) is 12.3. The van der Waals surface area contributed by atoms with E-state index in [0.29, 0.717) is 0 Å². The minimum absolute atomic E-state index is 0.107. The summed E-state index contributed by atoms with van der Waals surface area (Å²) in [5, 5.41) is 9.92. The summed E-state index contributed by atoms with van der Waals surface area (Å²) in [6, 6.07) is 10.0. The third kappa shape index (κ3) is 6.11. The van der Waals surface area contributed by atoms with E-state index in [4.69, 9.17) is 11.1 Å². The van der Waals surface area contributed by atoms with Gasteiger partial charge in [0, 0.05) is 23.7 Å². The van der Waals surface area contributed by atoms with Gasteiger partial charge < -0.3 is 10.3 Å². The second-order valence-electron chi connectivity index (χ2n) is 5.57. The summed E-state index contributed by atoms with van der Waals surface area (Å²) in [6.07, 6.45) is 13.0. The highest BCUT2D eigenvalue weighted by Gasteiger charge is 2.00. The van der Waals surface area contributed by atoms with E-state index in [1.165, 1.54) is 22.6 Å². The monoisotopic (exact) mass is 337 g/mol. The maximum atomic E-state index is 7.46. The first-order valence-electron chi connectivity index (χ1n) is 9.07. The van der Waals surface area contributed by atoms with Crippen molar-refractivity contribution in [2.24, 2.45) is 5.73 Å². The minimum Gasteiger partial charge on any atom is -0.384 e. The highest BCUT2D eigenvalue weighted by molar-refractivity contribution is 5.94. The Morgan fingerprint density at radius 2 is 1.84 bits per heavy atom. The summed E-state index contributed by atoms with van der Waals surface area (Å²) in [5.41, 5.74) is 7.46. The lowest BCUT2D eigenvalue weighted by Gasteiger charge is -2.06. The molecule has 134 valence electrons. The smallest absolute Gasteiger partial charge is 0.122 e. The summed E-state index contributed by atoms with van der Waals surface area (Å²) in [5.74, 6) is 0.107. The fourth-order valence-electron chi connectivity index (χ4n) is 2.48. The van der Waals surface area contributed by atoms with Crippen molar-refractivity contribution in [2.75, 3.05) is 0 Å². The Kier molecular flexibility index (Phi) is 9.09. The Bertz CT molecular complexity index is 793. The van der Waals surface area contributed by atoms with Crippen LogP contribution in [0.4, 0.5) is 0 Å². The van der Waals surface area contributed by atoms with Gasteiger partial charge in [-0.15, -0.1) is 0 Å². The number of unbranched alkanes of at least 4 members (excludes halogenated alkanes) is 1. The van der Waals surface area contributed by atoms with E-state index in [9.17, 15) is 0 Å². The molecule has 0 aliphatic rings. The van der Waals surface area contributed by atoms with Crippen LogP contribution < -0.4 is 16.3 Å². The molecule has 1 aromatic heterocycles. The Hall–Kier alpha value is -2.55. The highest BCUT2D eigenvalue weighted by atomic mass is 14.9. The molecule has 0 amide bonds. The summed E-state index contributed by atoms with van der Waals surface area (Å²) in [7, 11) is 0. The summed E-state index contributed by atoms with van der Waals surface area (Å²) >= 11 is 0. The van der Waals surface area contributed by atoms with Gasteiger partial charge in [-0.2, -0.15) is 0 Å². The van der Waals surface area contributed by atoms with Gasteiger partial charge in [0.2, 0.25) is 0 Å². The molecule has 0 saturated carbocycles. The number of aromatic nitrogens is 1. The van der Waals surface area contributed by atoms with Gasteiger partial charge in [-0.05, 0) is 36.3 Å². The Morgan fingerprint density at radius 1 is 1.16 bits per heavy atom. The molecule has 0 bridgehead atoms. The molecule has 3 heteroatoms. The number of nitrogens with one attached hydrogen (secondary N) is 1. The van der Waals surface area contributed by atoms with Gasteiger partial charge in [-0.1, -0.05) is 69.7 Å². The fraction of sp³-hybridized carbons (Fsp3) is 0.318. The highest BCUT2D eigenvalue weighted by Crippen LogP contribution is 2.05. The van der Waals surface area contributed by atoms with Crippen molar-refractivity contribution in [3.63, 3.8) is 0 Å². The van der Waals surface area contributed by atoms with E-state index >= 15 is 0 Å². The van der Waals surface area contributed by atoms with Crippen molar-refractivity contribution in [3.05, 3.63) is 70.4 Å². The molecule has 2 aromatic rings. The van der Waals surface area contributed by atoms with Crippen molar-refractivity contribution in [3.8, 4) is 0 Å². The van der Waals surface area contributed by atoms with Crippen LogP contribution in [0.5, 0.6) is 0 Å². The number of nitrogen functional groups attached to an aromatic ring is 1. The van der Waals surface area contributed by atoms with Crippen LogP contribution in [0, 0.1) is 5.41 Å². The second-order valence-corrected chi connectivity index (χ2v) is 5.57. The van der Waals surface area contributed by atoms with E-state index in [-0.39, 0.29) is 5.84 Å². The van der Waals surface area contributed by atoms with Crippen molar-refractivity contribution >= 4 is 18.0 Å². The second kappa shape index (κ2) is 11.1. The number of amidine groups is 1. The van der Waals surface area contributed by atoms with E-state index < -0.39 is 0 Å². The maximum absolute atomic E-state index is 7.46. The fourth-order valence-corrected chi connectivity index (χ4v) is 2.48. The molecule has 0 atom stereocenters. The van der Waals surface area contributed by atoms with Crippen LogP contribution in [-0.2, 0) is 6.54 Å². The van der Waals surface area contributed by atoms with Crippen LogP contribution in [0.3, 0.4) is 0 Å². The number of hydrogen-bond acceptors (Lipinski definition) is 1. The number of nitrogens with two attached hydrogens (primary N) is 1. The lowest BCUT2D eigenvalue weighted by molar-refractivity contribution is 0.778. The first-order chi connectivity index (χ1) is 12.2. The third-order valence-corrected chi connectivity index (χ3v) is 3.81. The molecule has 3 N–H and O–H groups in total. The first-order valence-corrected chi connectivity index (χ1v) is 9.07. The van der Waals surface area contributed by atoms with Crippen molar-refractivity contribution in [1.82, 2.24) is 4.57 Å². The SMILES string of the molecule is C/C=c1/ccn(Cc2ccc(C(=N)N)cc2)/c1=C/C=C\CCC.CC. The van der Waals surface area contributed by atoms with Gasteiger partial charge in [0.25, 0.3) is 0 Å². The molecule has 0 radical (unpaired) electrons.